The zero-order valence-corrected chi connectivity index (χ0v) is 12.1. The summed E-state index contributed by atoms with van der Waals surface area (Å²) >= 11 is 0. The molecule has 0 saturated carbocycles. The summed E-state index contributed by atoms with van der Waals surface area (Å²) in [5.74, 6) is 0.386. The second kappa shape index (κ2) is 6.17. The third-order valence-electron chi connectivity index (χ3n) is 4.35. The van der Waals surface area contributed by atoms with E-state index in [1.165, 1.54) is 11.6 Å². The Morgan fingerprint density at radius 2 is 1.71 bits per heavy atom. The minimum atomic E-state index is -0.320. The molecule has 2 N–H and O–H groups in total. The van der Waals surface area contributed by atoms with Crippen molar-refractivity contribution in [3.05, 3.63) is 59.9 Å². The van der Waals surface area contributed by atoms with Crippen LogP contribution in [0.1, 0.15) is 18.4 Å². The number of nitrogen functional groups attached to an aromatic ring is 1. The van der Waals surface area contributed by atoms with Crippen molar-refractivity contribution in [3.63, 3.8) is 0 Å². The minimum absolute atomic E-state index is 0.277. The number of rotatable bonds is 3. The van der Waals surface area contributed by atoms with E-state index in [1.807, 2.05) is 6.07 Å². The molecule has 0 aliphatic carbocycles. The summed E-state index contributed by atoms with van der Waals surface area (Å²) in [6.07, 6.45) is 3.39. The van der Waals surface area contributed by atoms with Crippen LogP contribution in [0.3, 0.4) is 0 Å². The maximum Gasteiger partial charge on any atom is 0.148 e. The summed E-state index contributed by atoms with van der Waals surface area (Å²) in [5.41, 5.74) is 8.38. The molecule has 2 aromatic carbocycles. The van der Waals surface area contributed by atoms with E-state index < -0.39 is 0 Å². The Morgan fingerprint density at radius 3 is 2.43 bits per heavy atom. The van der Waals surface area contributed by atoms with Gasteiger partial charge in [0.25, 0.3) is 0 Å². The molecule has 0 atom stereocenters. The monoisotopic (exact) mass is 284 g/mol. The van der Waals surface area contributed by atoms with Crippen LogP contribution in [0.2, 0.25) is 0 Å². The first kappa shape index (κ1) is 13.9. The van der Waals surface area contributed by atoms with Crippen molar-refractivity contribution in [1.29, 1.82) is 0 Å². The van der Waals surface area contributed by atoms with Crippen LogP contribution in [0.5, 0.6) is 0 Å². The van der Waals surface area contributed by atoms with Gasteiger partial charge < -0.3 is 10.6 Å². The number of nitrogens with two attached hydrogens (primary N) is 1. The Hall–Kier alpha value is -2.03. The molecule has 1 aliphatic rings. The van der Waals surface area contributed by atoms with Crippen molar-refractivity contribution in [2.45, 2.75) is 19.3 Å². The molecule has 1 aliphatic heterocycles. The van der Waals surface area contributed by atoms with Crippen LogP contribution in [-0.4, -0.2) is 13.1 Å². The van der Waals surface area contributed by atoms with Crippen LogP contribution in [0.25, 0.3) is 0 Å². The number of nitrogens with zero attached hydrogens (tertiary/aromatic N) is 1. The fourth-order valence-corrected chi connectivity index (χ4v) is 3.13. The summed E-state index contributed by atoms with van der Waals surface area (Å²) in [6, 6.07) is 15.7. The van der Waals surface area contributed by atoms with Gasteiger partial charge in [-0.15, -0.1) is 0 Å². The molecule has 0 bridgehead atoms. The van der Waals surface area contributed by atoms with Gasteiger partial charge in [-0.2, -0.15) is 0 Å². The molecule has 0 radical (unpaired) electrons. The summed E-state index contributed by atoms with van der Waals surface area (Å²) in [4.78, 5) is 2.21. The van der Waals surface area contributed by atoms with Gasteiger partial charge in [-0.1, -0.05) is 36.4 Å². The topological polar surface area (TPSA) is 29.3 Å². The highest BCUT2D eigenvalue weighted by Crippen LogP contribution is 2.30. The van der Waals surface area contributed by atoms with Crippen LogP contribution in [0.15, 0.2) is 48.5 Å². The van der Waals surface area contributed by atoms with Crippen molar-refractivity contribution in [1.82, 2.24) is 0 Å². The lowest BCUT2D eigenvalue weighted by molar-refractivity contribution is 0.403. The molecule has 1 heterocycles. The van der Waals surface area contributed by atoms with Crippen molar-refractivity contribution in [2.75, 3.05) is 23.7 Å². The highest BCUT2D eigenvalue weighted by Gasteiger charge is 2.21. The first-order chi connectivity index (χ1) is 10.2. The molecule has 0 amide bonds. The van der Waals surface area contributed by atoms with E-state index >= 15 is 0 Å². The van der Waals surface area contributed by atoms with Gasteiger partial charge in [-0.05, 0) is 42.9 Å². The average molecular weight is 284 g/mol. The molecule has 110 valence electrons. The van der Waals surface area contributed by atoms with Crippen LogP contribution in [0, 0.1) is 11.7 Å². The van der Waals surface area contributed by atoms with E-state index in [9.17, 15) is 4.39 Å². The Bertz CT molecular complexity index is 589. The van der Waals surface area contributed by atoms with Gasteiger partial charge in [-0.3, -0.25) is 0 Å². The van der Waals surface area contributed by atoms with Gasteiger partial charge in [-0.25, -0.2) is 4.39 Å². The van der Waals surface area contributed by atoms with Crippen molar-refractivity contribution >= 4 is 11.4 Å². The third kappa shape index (κ3) is 3.18. The van der Waals surface area contributed by atoms with Gasteiger partial charge in [0.2, 0.25) is 0 Å². The highest BCUT2D eigenvalue weighted by molar-refractivity contribution is 5.68. The maximum absolute atomic E-state index is 13.5. The Morgan fingerprint density at radius 1 is 1.00 bits per heavy atom. The van der Waals surface area contributed by atoms with Crippen molar-refractivity contribution in [2.24, 2.45) is 5.92 Å². The second-order valence-corrected chi connectivity index (χ2v) is 5.79. The molecule has 0 aromatic heterocycles. The molecule has 0 spiro atoms. The summed E-state index contributed by atoms with van der Waals surface area (Å²) in [5, 5.41) is 0. The Labute approximate surface area is 125 Å². The van der Waals surface area contributed by atoms with Gasteiger partial charge in [0.15, 0.2) is 0 Å². The Kier molecular flexibility index (Phi) is 4.09. The predicted molar refractivity (Wildman–Crippen MR) is 85.9 cm³/mol. The van der Waals surface area contributed by atoms with Crippen molar-refractivity contribution < 1.29 is 4.39 Å². The normalized spacial score (nSPS) is 16.1. The van der Waals surface area contributed by atoms with E-state index in [0.29, 0.717) is 5.92 Å². The van der Waals surface area contributed by atoms with Gasteiger partial charge in [0, 0.05) is 13.1 Å². The molecule has 3 rings (SSSR count). The summed E-state index contributed by atoms with van der Waals surface area (Å²) in [7, 11) is 0. The predicted octanol–water partition coefficient (Wildman–Crippen LogP) is 3.87. The minimum Gasteiger partial charge on any atom is -0.395 e. The molecule has 2 aromatic rings. The van der Waals surface area contributed by atoms with Crippen LogP contribution in [0.4, 0.5) is 15.8 Å². The van der Waals surface area contributed by atoms with Crippen LogP contribution in [-0.2, 0) is 6.42 Å². The molecule has 0 unspecified atom stereocenters. The first-order valence-electron chi connectivity index (χ1n) is 7.57. The van der Waals surface area contributed by atoms with E-state index in [4.69, 9.17) is 5.73 Å². The molecular weight excluding hydrogens is 263 g/mol. The molecule has 2 nitrogen and oxygen atoms in total. The number of halogens is 1. The fourth-order valence-electron chi connectivity index (χ4n) is 3.13. The largest absolute Gasteiger partial charge is 0.395 e. The quantitative estimate of drug-likeness (QED) is 0.867. The number of hydrogen-bond acceptors (Lipinski definition) is 2. The third-order valence-corrected chi connectivity index (χ3v) is 4.35. The number of piperidine rings is 1. The SMILES string of the molecule is Nc1c(F)cccc1N1CCC(Cc2ccccc2)CC1. The summed E-state index contributed by atoms with van der Waals surface area (Å²) in [6.45, 7) is 1.90. The smallest absolute Gasteiger partial charge is 0.148 e. The highest BCUT2D eigenvalue weighted by atomic mass is 19.1. The Balaban J connectivity index is 1.61. The molecule has 21 heavy (non-hydrogen) atoms. The van der Waals surface area contributed by atoms with E-state index in [-0.39, 0.29) is 11.5 Å². The lowest BCUT2D eigenvalue weighted by atomic mass is 9.90. The average Bonchev–Trinajstić information content (AvgIpc) is 2.52. The summed E-state index contributed by atoms with van der Waals surface area (Å²) < 4.78 is 13.5. The van der Waals surface area contributed by atoms with Gasteiger partial charge in [0.1, 0.15) is 5.82 Å². The fraction of sp³-hybridized carbons (Fsp3) is 0.333. The molecule has 1 saturated heterocycles. The van der Waals surface area contributed by atoms with Crippen LogP contribution >= 0.6 is 0 Å². The van der Waals surface area contributed by atoms with Gasteiger partial charge in [0.05, 0.1) is 11.4 Å². The zero-order chi connectivity index (χ0) is 14.7. The van der Waals surface area contributed by atoms with E-state index in [2.05, 4.69) is 35.2 Å². The number of benzene rings is 2. The second-order valence-electron chi connectivity index (χ2n) is 5.79. The first-order valence-corrected chi connectivity index (χ1v) is 7.57. The molecular formula is C18H21FN2. The zero-order valence-electron chi connectivity index (χ0n) is 12.1. The van der Waals surface area contributed by atoms with Gasteiger partial charge >= 0.3 is 0 Å². The number of anilines is 2. The maximum atomic E-state index is 13.5. The van der Waals surface area contributed by atoms with E-state index in [0.717, 1.165) is 38.0 Å². The lowest BCUT2D eigenvalue weighted by Gasteiger charge is -2.34. The number of hydrogen-bond donors (Lipinski definition) is 1. The lowest BCUT2D eigenvalue weighted by Crippen LogP contribution is -2.34. The standard InChI is InChI=1S/C18H21FN2/c19-16-7-4-8-17(18(16)20)21-11-9-15(10-12-21)13-14-5-2-1-3-6-14/h1-8,15H,9-13,20H2. The van der Waals surface area contributed by atoms with Crippen molar-refractivity contribution in [3.8, 4) is 0 Å². The van der Waals surface area contributed by atoms with E-state index in [1.54, 1.807) is 6.07 Å². The number of para-hydroxylation sites is 1. The molecule has 3 heteroatoms. The van der Waals surface area contributed by atoms with Crippen LogP contribution < -0.4 is 10.6 Å². The molecule has 1 fully saturated rings.